The lowest BCUT2D eigenvalue weighted by Gasteiger charge is -2.34. The number of para-hydroxylation sites is 2. The molecule has 1 amide bonds. The number of Topliss-reactive ketones (excluding diaryl/α,β-unsaturated/α-hetero) is 1. The van der Waals surface area contributed by atoms with Gasteiger partial charge in [0.15, 0.2) is 5.71 Å². The van der Waals surface area contributed by atoms with Gasteiger partial charge in [-0.05, 0) is 81.7 Å². The average Bonchev–Trinajstić information content (AvgIpc) is 3.48. The van der Waals surface area contributed by atoms with Gasteiger partial charge in [0.1, 0.15) is 17.7 Å². The van der Waals surface area contributed by atoms with Gasteiger partial charge in [-0.25, -0.2) is 0 Å². The quantitative estimate of drug-likeness (QED) is 0.104. The van der Waals surface area contributed by atoms with Gasteiger partial charge in [-0.3, -0.25) is 9.59 Å². The molecule has 0 bridgehead atoms. The predicted molar refractivity (Wildman–Crippen MR) is 216 cm³/mol. The number of hydrogen-bond donors (Lipinski definition) is 2. The van der Waals surface area contributed by atoms with E-state index in [0.717, 1.165) is 69.2 Å². The Labute approximate surface area is 313 Å². The van der Waals surface area contributed by atoms with E-state index < -0.39 is 5.41 Å². The number of amides is 1. The van der Waals surface area contributed by atoms with Gasteiger partial charge in [0.25, 0.3) is 0 Å². The smallest absolute Gasteiger partial charge is 0.234 e. The standard InChI is InChI=1S/C46H61N3O3/c1-8-10-29-49-40-22-16-14-20-38(40)45(6,7)42(49)26-24-36-31-35(32-46(33-36,34(3)51)43(52)47-27-17-11-12-18-30-50)23-25-41-44(4,5)37-19-13-15-21-39(37)48(41)28-9-2/h13-16,19-26,31,50H,8-12,17-18,27-30,32-33H2,1-7H3/p+1. The number of carbonyl (C=O) groups is 2. The van der Waals surface area contributed by atoms with Crippen molar-refractivity contribution in [2.24, 2.45) is 5.41 Å². The first-order valence-electron chi connectivity index (χ1n) is 19.7. The monoisotopic (exact) mass is 704 g/mol. The van der Waals surface area contributed by atoms with Crippen molar-refractivity contribution >= 4 is 28.8 Å². The van der Waals surface area contributed by atoms with Crippen molar-refractivity contribution in [3.05, 3.63) is 107 Å². The van der Waals surface area contributed by atoms with E-state index in [-0.39, 0.29) is 29.1 Å². The van der Waals surface area contributed by atoms with Crippen LogP contribution in [0.3, 0.4) is 0 Å². The van der Waals surface area contributed by atoms with Gasteiger partial charge >= 0.3 is 0 Å². The third-order valence-corrected chi connectivity index (χ3v) is 11.6. The average molecular weight is 705 g/mol. The number of carbonyl (C=O) groups excluding carboxylic acids is 2. The number of allylic oxidation sites excluding steroid dienone is 8. The Balaban J connectivity index is 1.56. The van der Waals surface area contributed by atoms with Crippen molar-refractivity contribution in [2.45, 2.75) is 117 Å². The Hall–Kier alpha value is -4.03. The minimum Gasteiger partial charge on any atom is -0.396 e. The zero-order valence-electron chi connectivity index (χ0n) is 32.9. The fourth-order valence-corrected chi connectivity index (χ4v) is 8.52. The highest BCUT2D eigenvalue weighted by Crippen LogP contribution is 2.48. The Morgan fingerprint density at radius 1 is 0.846 bits per heavy atom. The van der Waals surface area contributed by atoms with Gasteiger partial charge in [0.05, 0.1) is 5.41 Å². The van der Waals surface area contributed by atoms with E-state index in [9.17, 15) is 9.59 Å². The molecule has 2 N–H and O–H groups in total. The van der Waals surface area contributed by atoms with E-state index in [1.54, 1.807) is 6.92 Å². The normalized spacial score (nSPS) is 21.9. The van der Waals surface area contributed by atoms with E-state index in [1.165, 1.54) is 33.9 Å². The maximum absolute atomic E-state index is 14.2. The van der Waals surface area contributed by atoms with Crippen LogP contribution in [0, 0.1) is 5.41 Å². The molecule has 0 aromatic heterocycles. The minimum absolute atomic E-state index is 0.102. The summed E-state index contributed by atoms with van der Waals surface area (Å²) in [6.07, 6.45) is 18.4. The molecule has 0 saturated heterocycles. The lowest BCUT2D eigenvalue weighted by Crippen LogP contribution is -2.47. The van der Waals surface area contributed by atoms with Crippen molar-refractivity contribution in [2.75, 3.05) is 31.1 Å². The molecule has 52 heavy (non-hydrogen) atoms. The number of anilines is 1. The van der Waals surface area contributed by atoms with Gasteiger partial charge in [0, 0.05) is 60.6 Å². The Kier molecular flexibility index (Phi) is 12.6. The van der Waals surface area contributed by atoms with E-state index in [1.807, 2.05) is 0 Å². The highest BCUT2D eigenvalue weighted by molar-refractivity contribution is 6.06. The van der Waals surface area contributed by atoms with Crippen LogP contribution in [-0.4, -0.2) is 53.3 Å². The molecular weight excluding hydrogens is 643 g/mol. The summed E-state index contributed by atoms with van der Waals surface area (Å²) in [6.45, 7) is 17.8. The van der Waals surface area contributed by atoms with Crippen LogP contribution in [-0.2, 0) is 20.4 Å². The molecule has 1 unspecified atom stereocenters. The molecule has 2 aliphatic heterocycles. The molecule has 0 radical (unpaired) electrons. The largest absolute Gasteiger partial charge is 0.396 e. The van der Waals surface area contributed by atoms with Crippen LogP contribution in [0.4, 0.5) is 11.4 Å². The minimum atomic E-state index is -1.19. The molecular formula is C46H62N3O3+. The van der Waals surface area contributed by atoms with Gasteiger partial charge in [-0.1, -0.05) is 102 Å². The summed E-state index contributed by atoms with van der Waals surface area (Å²) in [7, 11) is 0. The highest BCUT2D eigenvalue weighted by atomic mass is 16.3. The topological polar surface area (TPSA) is 72.7 Å². The molecule has 5 rings (SSSR count). The number of nitrogens with one attached hydrogen (secondary N) is 1. The van der Waals surface area contributed by atoms with Crippen LogP contribution in [0.25, 0.3) is 0 Å². The molecule has 6 nitrogen and oxygen atoms in total. The van der Waals surface area contributed by atoms with Crippen LogP contribution in [0.2, 0.25) is 0 Å². The zero-order valence-corrected chi connectivity index (χ0v) is 32.9. The number of nitrogens with zero attached hydrogens (tertiary/aromatic N) is 2. The number of benzene rings is 2. The van der Waals surface area contributed by atoms with Crippen LogP contribution >= 0.6 is 0 Å². The molecule has 1 atom stereocenters. The maximum Gasteiger partial charge on any atom is 0.234 e. The lowest BCUT2D eigenvalue weighted by molar-refractivity contribution is -0.437. The second kappa shape index (κ2) is 16.8. The Bertz CT molecular complexity index is 1790. The summed E-state index contributed by atoms with van der Waals surface area (Å²) in [5.74, 6) is -0.290. The second-order valence-corrected chi connectivity index (χ2v) is 16.1. The van der Waals surface area contributed by atoms with Crippen LogP contribution in [0.5, 0.6) is 0 Å². The summed E-state index contributed by atoms with van der Waals surface area (Å²) < 4.78 is 2.43. The Morgan fingerprint density at radius 3 is 2.27 bits per heavy atom. The van der Waals surface area contributed by atoms with Gasteiger partial charge < -0.3 is 15.3 Å². The van der Waals surface area contributed by atoms with Crippen molar-refractivity contribution in [1.82, 2.24) is 5.32 Å². The van der Waals surface area contributed by atoms with Crippen molar-refractivity contribution in [3.63, 3.8) is 0 Å². The van der Waals surface area contributed by atoms with E-state index in [0.29, 0.717) is 19.4 Å². The molecule has 6 heteroatoms. The number of aliphatic hydroxyl groups excluding tert-OH is 1. The van der Waals surface area contributed by atoms with Crippen LogP contribution in [0.15, 0.2) is 95.8 Å². The van der Waals surface area contributed by atoms with Crippen LogP contribution < -0.4 is 10.2 Å². The zero-order chi connectivity index (χ0) is 37.5. The fourth-order valence-electron chi connectivity index (χ4n) is 8.52. The summed E-state index contributed by atoms with van der Waals surface area (Å²) >= 11 is 0. The van der Waals surface area contributed by atoms with Crippen molar-refractivity contribution in [1.29, 1.82) is 0 Å². The molecule has 0 saturated carbocycles. The van der Waals surface area contributed by atoms with Gasteiger partial charge in [-0.15, -0.1) is 0 Å². The SMILES string of the molecule is CCCCN1C(=CC=C2C=C(C=CC3=[N+](CCC)c4ccccc4C3(C)C)CC(C(C)=O)(C(=O)NCCCCCCO)C2)C(C)(C)c2ccccc21. The van der Waals surface area contributed by atoms with Crippen LogP contribution in [0.1, 0.15) is 117 Å². The summed E-state index contributed by atoms with van der Waals surface area (Å²) in [5.41, 5.74) is 8.03. The highest BCUT2D eigenvalue weighted by Gasteiger charge is 2.47. The maximum atomic E-state index is 14.2. The number of unbranched alkanes of at least 4 members (excludes halogenated alkanes) is 4. The molecule has 2 aromatic carbocycles. The van der Waals surface area contributed by atoms with Gasteiger partial charge in [-0.2, -0.15) is 4.58 Å². The molecule has 278 valence electrons. The Morgan fingerprint density at radius 2 is 1.56 bits per heavy atom. The fraction of sp³-hybridized carbons (Fsp3) is 0.500. The summed E-state index contributed by atoms with van der Waals surface area (Å²) in [5, 5.41) is 12.3. The molecule has 2 heterocycles. The molecule has 1 aliphatic carbocycles. The lowest BCUT2D eigenvalue weighted by atomic mass is 9.68. The van der Waals surface area contributed by atoms with E-state index >= 15 is 0 Å². The van der Waals surface area contributed by atoms with E-state index in [4.69, 9.17) is 5.11 Å². The number of rotatable bonds is 16. The van der Waals surface area contributed by atoms with E-state index in [2.05, 4.69) is 135 Å². The summed E-state index contributed by atoms with van der Waals surface area (Å²) in [4.78, 5) is 30.4. The van der Waals surface area contributed by atoms with Crippen molar-refractivity contribution < 1.29 is 19.3 Å². The second-order valence-electron chi connectivity index (χ2n) is 16.1. The summed E-state index contributed by atoms with van der Waals surface area (Å²) in [6, 6.07) is 17.4. The van der Waals surface area contributed by atoms with Crippen molar-refractivity contribution in [3.8, 4) is 0 Å². The first kappa shape index (κ1) is 39.2. The molecule has 3 aliphatic rings. The number of hydrogen-bond acceptors (Lipinski definition) is 4. The molecule has 0 spiro atoms. The van der Waals surface area contributed by atoms with Gasteiger partial charge in [0.2, 0.25) is 11.6 Å². The number of ketones is 1. The third kappa shape index (κ3) is 7.83. The first-order valence-corrected chi connectivity index (χ1v) is 19.7. The molecule has 2 aromatic rings. The third-order valence-electron chi connectivity index (χ3n) is 11.6. The number of aliphatic hydroxyl groups is 1. The molecule has 0 fully saturated rings. The number of fused-ring (bicyclic) bond motifs is 2. The predicted octanol–water partition coefficient (Wildman–Crippen LogP) is 9.40. The first-order chi connectivity index (χ1) is 24.9.